The summed E-state index contributed by atoms with van der Waals surface area (Å²) >= 11 is 5.76. The third-order valence-electron chi connectivity index (χ3n) is 5.44. The van der Waals surface area contributed by atoms with Crippen LogP contribution in [0.15, 0.2) is 59.5 Å². The summed E-state index contributed by atoms with van der Waals surface area (Å²) in [6, 6.07) is 16.0. The van der Waals surface area contributed by atoms with Gasteiger partial charge in [0.05, 0.1) is 17.1 Å². The van der Waals surface area contributed by atoms with Crippen LogP contribution in [0.5, 0.6) is 0 Å². The predicted octanol–water partition coefficient (Wildman–Crippen LogP) is 3.53. The number of amides is 1. The van der Waals surface area contributed by atoms with Crippen molar-refractivity contribution in [2.45, 2.75) is 30.6 Å². The molecule has 0 atom stereocenters. The van der Waals surface area contributed by atoms with E-state index in [0.717, 1.165) is 19.3 Å². The van der Waals surface area contributed by atoms with Crippen LogP contribution >= 0.6 is 11.6 Å². The number of halogens is 1. The molecule has 1 saturated heterocycles. The molecule has 0 saturated carbocycles. The lowest BCUT2D eigenvalue weighted by molar-refractivity contribution is -0.152. The highest BCUT2D eigenvalue weighted by molar-refractivity contribution is 7.91. The lowest BCUT2D eigenvalue weighted by Gasteiger charge is -2.32. The minimum atomic E-state index is -3.62. The van der Waals surface area contributed by atoms with E-state index in [0.29, 0.717) is 24.0 Å². The minimum Gasteiger partial charge on any atom is -0.456 e. The van der Waals surface area contributed by atoms with Gasteiger partial charge in [0, 0.05) is 18.1 Å². The zero-order chi connectivity index (χ0) is 22.3. The molecule has 1 fully saturated rings. The second-order valence-corrected chi connectivity index (χ2v) is 10.2. The molecule has 0 radical (unpaired) electrons. The van der Waals surface area contributed by atoms with Crippen molar-refractivity contribution in [2.75, 3.05) is 25.4 Å². The van der Waals surface area contributed by atoms with Crippen molar-refractivity contribution < 1.29 is 22.7 Å². The molecule has 0 bridgehead atoms. The van der Waals surface area contributed by atoms with Crippen LogP contribution in [0.25, 0.3) is 0 Å². The molecule has 166 valence electrons. The number of piperidine rings is 1. The van der Waals surface area contributed by atoms with E-state index < -0.39 is 15.8 Å². The summed E-state index contributed by atoms with van der Waals surface area (Å²) in [6.07, 6.45) is 2.51. The first-order chi connectivity index (χ1) is 14.8. The monoisotopic (exact) mass is 463 g/mol. The Morgan fingerprint density at radius 1 is 1.00 bits per heavy atom. The smallest absolute Gasteiger partial charge is 0.307 e. The number of likely N-dealkylation sites (tertiary alicyclic amines) is 1. The molecule has 2 aromatic carbocycles. The average Bonchev–Trinajstić information content (AvgIpc) is 2.77. The topological polar surface area (TPSA) is 80.7 Å². The van der Waals surface area contributed by atoms with Crippen LogP contribution in [0.2, 0.25) is 5.02 Å². The van der Waals surface area contributed by atoms with E-state index in [1.165, 1.54) is 29.8 Å². The molecule has 2 aromatic rings. The molecule has 31 heavy (non-hydrogen) atoms. The standard InChI is InChI=1S/C23H26ClNO5S/c24-20-6-8-21(9-7-20)31(28,29)15-12-23(27)30-17-22(26)25-13-10-19(11-14-25)16-18-4-2-1-3-5-18/h1-9,19H,10-17H2. The van der Waals surface area contributed by atoms with Crippen molar-refractivity contribution in [3.05, 3.63) is 65.2 Å². The SMILES string of the molecule is O=C(CCS(=O)(=O)c1ccc(Cl)cc1)OCC(=O)N1CCC(Cc2ccccc2)CC1. The van der Waals surface area contributed by atoms with Gasteiger partial charge in [0.1, 0.15) is 0 Å². The molecule has 1 heterocycles. The molecular weight excluding hydrogens is 438 g/mol. The molecule has 0 unspecified atom stereocenters. The van der Waals surface area contributed by atoms with E-state index >= 15 is 0 Å². The molecule has 6 nitrogen and oxygen atoms in total. The Bertz CT molecular complexity index is 984. The number of esters is 1. The summed E-state index contributed by atoms with van der Waals surface area (Å²) in [7, 11) is -3.62. The molecule has 3 rings (SSSR count). The zero-order valence-electron chi connectivity index (χ0n) is 17.2. The fourth-order valence-corrected chi connectivity index (χ4v) is 4.96. The number of carbonyl (C=O) groups excluding carboxylic acids is 2. The number of benzene rings is 2. The number of nitrogens with zero attached hydrogens (tertiary/aromatic N) is 1. The first kappa shape index (κ1) is 23.3. The van der Waals surface area contributed by atoms with Crippen LogP contribution in [-0.4, -0.2) is 50.6 Å². The maximum Gasteiger partial charge on any atom is 0.307 e. The normalized spacial score (nSPS) is 14.9. The van der Waals surface area contributed by atoms with Crippen molar-refractivity contribution >= 4 is 33.3 Å². The van der Waals surface area contributed by atoms with Gasteiger partial charge in [0.25, 0.3) is 5.91 Å². The van der Waals surface area contributed by atoms with Gasteiger partial charge in [-0.15, -0.1) is 0 Å². The quantitative estimate of drug-likeness (QED) is 0.559. The molecule has 1 amide bonds. The zero-order valence-corrected chi connectivity index (χ0v) is 18.8. The Balaban J connectivity index is 1.37. The number of hydrogen-bond acceptors (Lipinski definition) is 5. The van der Waals surface area contributed by atoms with E-state index in [1.54, 1.807) is 4.90 Å². The maximum atomic E-state index is 12.3. The predicted molar refractivity (Wildman–Crippen MR) is 119 cm³/mol. The highest BCUT2D eigenvalue weighted by Crippen LogP contribution is 2.22. The Labute approximate surface area is 188 Å². The average molecular weight is 464 g/mol. The Morgan fingerprint density at radius 2 is 1.65 bits per heavy atom. The summed E-state index contributed by atoms with van der Waals surface area (Å²) < 4.78 is 29.6. The van der Waals surface area contributed by atoms with Gasteiger partial charge in [-0.3, -0.25) is 9.59 Å². The highest BCUT2D eigenvalue weighted by Gasteiger charge is 2.24. The summed E-state index contributed by atoms with van der Waals surface area (Å²) in [4.78, 5) is 26.1. The highest BCUT2D eigenvalue weighted by atomic mass is 35.5. The Kier molecular flexibility index (Phi) is 8.09. The minimum absolute atomic E-state index is 0.0964. The van der Waals surface area contributed by atoms with Gasteiger partial charge in [-0.05, 0) is 55.0 Å². The van der Waals surface area contributed by atoms with E-state index in [9.17, 15) is 18.0 Å². The number of carbonyl (C=O) groups is 2. The molecule has 0 aliphatic carbocycles. The van der Waals surface area contributed by atoms with Crippen LogP contribution in [0, 0.1) is 5.92 Å². The molecule has 1 aliphatic rings. The number of hydrogen-bond donors (Lipinski definition) is 0. The fourth-order valence-electron chi connectivity index (χ4n) is 3.62. The fraction of sp³-hybridized carbons (Fsp3) is 0.391. The van der Waals surface area contributed by atoms with Gasteiger partial charge in [0.15, 0.2) is 16.4 Å². The van der Waals surface area contributed by atoms with Gasteiger partial charge in [-0.2, -0.15) is 0 Å². The summed E-state index contributed by atoms with van der Waals surface area (Å²) in [5.41, 5.74) is 1.30. The van der Waals surface area contributed by atoms with Crippen molar-refractivity contribution in [3.8, 4) is 0 Å². The van der Waals surface area contributed by atoms with Gasteiger partial charge in [-0.25, -0.2) is 8.42 Å². The van der Waals surface area contributed by atoms with Crippen LogP contribution in [0.4, 0.5) is 0 Å². The van der Waals surface area contributed by atoms with E-state index in [-0.39, 0.29) is 29.6 Å². The number of ether oxygens (including phenoxy) is 1. The van der Waals surface area contributed by atoms with Crippen LogP contribution in [0.3, 0.4) is 0 Å². The van der Waals surface area contributed by atoms with Gasteiger partial charge in [0.2, 0.25) is 0 Å². The molecule has 1 aliphatic heterocycles. The number of sulfone groups is 1. The van der Waals surface area contributed by atoms with Gasteiger partial charge < -0.3 is 9.64 Å². The second-order valence-electron chi connectivity index (χ2n) is 7.70. The number of rotatable bonds is 8. The largest absolute Gasteiger partial charge is 0.456 e. The van der Waals surface area contributed by atoms with Crippen LogP contribution in [0.1, 0.15) is 24.8 Å². The van der Waals surface area contributed by atoms with Crippen molar-refractivity contribution in [2.24, 2.45) is 5.92 Å². The molecule has 0 spiro atoms. The van der Waals surface area contributed by atoms with E-state index in [2.05, 4.69) is 12.1 Å². The third-order valence-corrected chi connectivity index (χ3v) is 7.42. The van der Waals surface area contributed by atoms with E-state index in [1.807, 2.05) is 18.2 Å². The first-order valence-corrected chi connectivity index (χ1v) is 12.3. The summed E-state index contributed by atoms with van der Waals surface area (Å²) in [6.45, 7) is 0.917. The van der Waals surface area contributed by atoms with Gasteiger partial charge >= 0.3 is 5.97 Å². The summed E-state index contributed by atoms with van der Waals surface area (Å²) in [5, 5.41) is 0.431. The van der Waals surface area contributed by atoms with E-state index in [4.69, 9.17) is 16.3 Å². The van der Waals surface area contributed by atoms with Crippen LogP contribution in [-0.2, 0) is 30.6 Å². The lowest BCUT2D eigenvalue weighted by atomic mass is 9.90. The van der Waals surface area contributed by atoms with Crippen molar-refractivity contribution in [1.82, 2.24) is 4.90 Å². The van der Waals surface area contributed by atoms with Gasteiger partial charge in [-0.1, -0.05) is 41.9 Å². The second kappa shape index (κ2) is 10.8. The maximum absolute atomic E-state index is 12.3. The third kappa shape index (κ3) is 7.08. The first-order valence-electron chi connectivity index (χ1n) is 10.3. The molecular formula is C23H26ClNO5S. The van der Waals surface area contributed by atoms with Crippen molar-refractivity contribution in [3.63, 3.8) is 0 Å². The summed E-state index contributed by atoms with van der Waals surface area (Å²) in [5.74, 6) is -0.795. The molecule has 0 aromatic heterocycles. The Hall–Kier alpha value is -2.38. The lowest BCUT2D eigenvalue weighted by Crippen LogP contribution is -2.41. The Morgan fingerprint density at radius 3 is 2.29 bits per heavy atom. The molecule has 8 heteroatoms. The van der Waals surface area contributed by atoms with Crippen molar-refractivity contribution in [1.29, 1.82) is 0 Å². The molecule has 0 N–H and O–H groups in total. The van der Waals surface area contributed by atoms with Crippen LogP contribution < -0.4 is 0 Å².